The van der Waals surface area contributed by atoms with Gasteiger partial charge in [0.2, 0.25) is 0 Å². The second-order valence-corrected chi connectivity index (χ2v) is 6.34. The number of carbonyl (C=O) groups is 2. The lowest BCUT2D eigenvalue weighted by atomic mass is 9.82. The van der Waals surface area contributed by atoms with Gasteiger partial charge in [-0.25, -0.2) is 0 Å². The number of carbonyl (C=O) groups excluding carboxylic acids is 2. The molecule has 0 saturated carbocycles. The molecular formula is C22H18N2O2. The Kier molecular flexibility index (Phi) is 3.81. The van der Waals surface area contributed by atoms with Crippen LogP contribution in [-0.4, -0.2) is 11.6 Å². The van der Waals surface area contributed by atoms with Gasteiger partial charge in [0.1, 0.15) is 0 Å². The molecule has 1 aliphatic carbocycles. The van der Waals surface area contributed by atoms with E-state index in [0.29, 0.717) is 28.1 Å². The number of hydrogen-bond donors (Lipinski definition) is 2. The molecule has 0 heterocycles. The summed E-state index contributed by atoms with van der Waals surface area (Å²) < 4.78 is 0. The minimum atomic E-state index is -0.210. The number of nitrogen functional groups attached to an aromatic ring is 1. The van der Waals surface area contributed by atoms with Crippen LogP contribution in [0.3, 0.4) is 0 Å². The van der Waals surface area contributed by atoms with E-state index in [1.54, 1.807) is 36.4 Å². The summed E-state index contributed by atoms with van der Waals surface area (Å²) >= 11 is 0. The number of benzene rings is 3. The van der Waals surface area contributed by atoms with E-state index in [2.05, 4.69) is 18.3 Å². The predicted molar refractivity (Wildman–Crippen MR) is 103 cm³/mol. The molecule has 3 N–H and O–H groups in total. The third-order valence-corrected chi connectivity index (χ3v) is 4.72. The molecule has 0 atom stereocenters. The number of nitrogens with one attached hydrogen (secondary N) is 1. The van der Waals surface area contributed by atoms with Gasteiger partial charge in [-0.15, -0.1) is 0 Å². The Labute approximate surface area is 151 Å². The number of nitrogens with two attached hydrogens (primary N) is 1. The molecular weight excluding hydrogens is 324 g/mol. The summed E-state index contributed by atoms with van der Waals surface area (Å²) in [5.74, 6) is -0.393. The molecule has 4 nitrogen and oxygen atoms in total. The van der Waals surface area contributed by atoms with Crippen molar-refractivity contribution in [2.24, 2.45) is 0 Å². The summed E-state index contributed by atoms with van der Waals surface area (Å²) in [7, 11) is 0. The molecule has 0 aromatic heterocycles. The maximum Gasteiger partial charge on any atom is 0.196 e. The number of hydrogen-bond acceptors (Lipinski definition) is 4. The van der Waals surface area contributed by atoms with Crippen molar-refractivity contribution in [2.75, 3.05) is 11.1 Å². The van der Waals surface area contributed by atoms with Crippen molar-refractivity contribution in [3.05, 3.63) is 88.5 Å². The van der Waals surface area contributed by atoms with Gasteiger partial charge in [-0.3, -0.25) is 9.59 Å². The van der Waals surface area contributed by atoms with E-state index in [1.807, 2.05) is 18.2 Å². The zero-order chi connectivity index (χ0) is 18.3. The van der Waals surface area contributed by atoms with Crippen LogP contribution in [0.4, 0.5) is 17.1 Å². The first-order valence-corrected chi connectivity index (χ1v) is 8.57. The van der Waals surface area contributed by atoms with Crippen LogP contribution in [0.25, 0.3) is 0 Å². The highest BCUT2D eigenvalue weighted by atomic mass is 16.1. The Morgan fingerprint density at radius 3 is 2.23 bits per heavy atom. The summed E-state index contributed by atoms with van der Waals surface area (Å²) in [5.41, 5.74) is 10.5. The van der Waals surface area contributed by atoms with E-state index in [0.717, 1.165) is 12.1 Å². The van der Waals surface area contributed by atoms with Crippen molar-refractivity contribution in [3.63, 3.8) is 0 Å². The van der Waals surface area contributed by atoms with Gasteiger partial charge in [-0.05, 0) is 36.2 Å². The molecule has 0 fully saturated rings. The van der Waals surface area contributed by atoms with Crippen LogP contribution in [0, 0.1) is 0 Å². The van der Waals surface area contributed by atoms with E-state index in [1.165, 1.54) is 5.56 Å². The fourth-order valence-electron chi connectivity index (χ4n) is 3.38. The summed E-state index contributed by atoms with van der Waals surface area (Å²) in [6.45, 7) is 2.09. The first-order valence-electron chi connectivity index (χ1n) is 8.57. The lowest BCUT2D eigenvalue weighted by molar-refractivity contribution is 0.0980. The summed E-state index contributed by atoms with van der Waals surface area (Å²) in [4.78, 5) is 26.0. The Balaban J connectivity index is 1.86. The first kappa shape index (κ1) is 16.1. The highest BCUT2D eigenvalue weighted by Crippen LogP contribution is 2.36. The highest BCUT2D eigenvalue weighted by Gasteiger charge is 2.33. The largest absolute Gasteiger partial charge is 0.398 e. The maximum atomic E-state index is 13.1. The molecule has 3 aromatic rings. The van der Waals surface area contributed by atoms with E-state index in [4.69, 9.17) is 5.73 Å². The molecule has 0 amide bonds. The van der Waals surface area contributed by atoms with Crippen LogP contribution in [-0.2, 0) is 6.42 Å². The molecule has 26 heavy (non-hydrogen) atoms. The highest BCUT2D eigenvalue weighted by molar-refractivity contribution is 6.31. The summed E-state index contributed by atoms with van der Waals surface area (Å²) in [6, 6.07) is 18.3. The van der Waals surface area contributed by atoms with Crippen molar-refractivity contribution in [2.45, 2.75) is 13.3 Å². The number of fused-ring (bicyclic) bond motifs is 2. The Hall–Kier alpha value is -3.40. The minimum absolute atomic E-state index is 0.184. The maximum absolute atomic E-state index is 13.1. The van der Waals surface area contributed by atoms with Gasteiger partial charge in [0.15, 0.2) is 11.6 Å². The van der Waals surface area contributed by atoms with Crippen LogP contribution < -0.4 is 11.1 Å². The van der Waals surface area contributed by atoms with E-state index in [-0.39, 0.29) is 17.1 Å². The fourth-order valence-corrected chi connectivity index (χ4v) is 3.38. The smallest absolute Gasteiger partial charge is 0.196 e. The number of aryl methyl sites for hydroxylation is 1. The van der Waals surface area contributed by atoms with E-state index < -0.39 is 0 Å². The zero-order valence-electron chi connectivity index (χ0n) is 14.4. The molecule has 4 heteroatoms. The topological polar surface area (TPSA) is 72.2 Å². The minimum Gasteiger partial charge on any atom is -0.398 e. The normalized spacial score (nSPS) is 12.5. The molecule has 0 bridgehead atoms. The predicted octanol–water partition coefficient (Wildman–Crippen LogP) is 4.35. The van der Waals surface area contributed by atoms with Gasteiger partial charge in [-0.1, -0.05) is 43.3 Å². The zero-order valence-corrected chi connectivity index (χ0v) is 14.4. The number of anilines is 3. The van der Waals surface area contributed by atoms with Gasteiger partial charge < -0.3 is 11.1 Å². The first-order chi connectivity index (χ1) is 12.6. The van der Waals surface area contributed by atoms with E-state index in [9.17, 15) is 9.59 Å². The van der Waals surface area contributed by atoms with Crippen molar-refractivity contribution >= 4 is 28.6 Å². The van der Waals surface area contributed by atoms with Gasteiger partial charge in [0, 0.05) is 22.5 Å². The molecule has 0 saturated heterocycles. The molecule has 128 valence electrons. The van der Waals surface area contributed by atoms with Crippen LogP contribution in [0.2, 0.25) is 0 Å². The van der Waals surface area contributed by atoms with Crippen LogP contribution in [0.5, 0.6) is 0 Å². The Morgan fingerprint density at radius 1 is 0.846 bits per heavy atom. The van der Waals surface area contributed by atoms with Crippen molar-refractivity contribution in [3.8, 4) is 0 Å². The van der Waals surface area contributed by atoms with Gasteiger partial charge in [0.05, 0.1) is 16.8 Å². The molecule has 0 spiro atoms. The summed E-state index contributed by atoms with van der Waals surface area (Å²) in [5, 5.41) is 3.29. The van der Waals surface area contributed by atoms with E-state index >= 15 is 0 Å². The fraction of sp³-hybridized carbons (Fsp3) is 0.0909. The van der Waals surface area contributed by atoms with Gasteiger partial charge in [0.25, 0.3) is 0 Å². The second-order valence-electron chi connectivity index (χ2n) is 6.34. The second kappa shape index (κ2) is 6.15. The molecule has 0 aliphatic heterocycles. The van der Waals surface area contributed by atoms with Crippen LogP contribution in [0.1, 0.15) is 44.3 Å². The quantitative estimate of drug-likeness (QED) is 0.543. The average molecular weight is 342 g/mol. The lowest BCUT2D eigenvalue weighted by Gasteiger charge is -2.22. The number of rotatable bonds is 3. The van der Waals surface area contributed by atoms with Gasteiger partial charge in [-0.2, -0.15) is 0 Å². The Morgan fingerprint density at radius 2 is 1.54 bits per heavy atom. The third kappa shape index (κ3) is 2.47. The van der Waals surface area contributed by atoms with Crippen LogP contribution in [0.15, 0.2) is 60.7 Å². The van der Waals surface area contributed by atoms with Crippen molar-refractivity contribution in [1.82, 2.24) is 0 Å². The Bertz CT molecular complexity index is 1050. The average Bonchev–Trinajstić information content (AvgIpc) is 2.67. The third-order valence-electron chi connectivity index (χ3n) is 4.72. The molecule has 4 rings (SSSR count). The monoisotopic (exact) mass is 342 g/mol. The molecule has 3 aromatic carbocycles. The standard InChI is InChI=1S/C22H18N2O2/c1-2-13-6-5-7-14(12-13)24-18-11-10-17(23)19-20(18)22(26)16-9-4-3-8-15(16)21(19)25/h3-12,24H,2,23H2,1H3. The van der Waals surface area contributed by atoms with Crippen LogP contribution >= 0.6 is 0 Å². The SMILES string of the molecule is CCc1cccc(Nc2ccc(N)c3c2C(=O)c2ccccc2C3=O)c1. The molecule has 1 aliphatic rings. The molecule has 0 radical (unpaired) electrons. The lowest BCUT2D eigenvalue weighted by Crippen LogP contribution is -2.23. The van der Waals surface area contributed by atoms with Crippen molar-refractivity contribution in [1.29, 1.82) is 0 Å². The van der Waals surface area contributed by atoms with Crippen molar-refractivity contribution < 1.29 is 9.59 Å². The molecule has 0 unspecified atom stereocenters. The van der Waals surface area contributed by atoms with Gasteiger partial charge >= 0.3 is 0 Å². The number of ketones is 2. The summed E-state index contributed by atoms with van der Waals surface area (Å²) in [6.07, 6.45) is 0.917.